The molecule has 0 radical (unpaired) electrons. The molecule has 0 unspecified atom stereocenters. The molecule has 0 heterocycles. The molecular formula is C15H24N2O3S. The fourth-order valence-electron chi connectivity index (χ4n) is 2.46. The Morgan fingerprint density at radius 1 is 1.29 bits per heavy atom. The SMILES string of the molecule is CCOC1CC(NS(=O)(=O)c2ccc(CCCN)cc2)C1. The number of rotatable bonds is 8. The van der Waals surface area contributed by atoms with Crippen LogP contribution in [0.4, 0.5) is 0 Å². The molecule has 0 bridgehead atoms. The highest BCUT2D eigenvalue weighted by Crippen LogP contribution is 2.25. The highest BCUT2D eigenvalue weighted by atomic mass is 32.2. The zero-order valence-electron chi connectivity index (χ0n) is 12.4. The van der Waals surface area contributed by atoms with Crippen molar-refractivity contribution in [2.75, 3.05) is 13.2 Å². The van der Waals surface area contributed by atoms with Crippen LogP contribution in [0.5, 0.6) is 0 Å². The molecule has 0 atom stereocenters. The van der Waals surface area contributed by atoms with Crippen LogP contribution in [0.2, 0.25) is 0 Å². The van der Waals surface area contributed by atoms with Gasteiger partial charge in [-0.15, -0.1) is 0 Å². The first-order chi connectivity index (χ1) is 10.0. The standard InChI is InChI=1S/C15H24N2O3S/c1-2-20-14-10-13(11-14)17-21(18,19)15-7-5-12(6-8-15)4-3-9-16/h5-8,13-14,17H,2-4,9-11,16H2,1H3. The second kappa shape index (κ2) is 7.35. The van der Waals surface area contributed by atoms with Gasteiger partial charge in [-0.3, -0.25) is 0 Å². The van der Waals surface area contributed by atoms with Gasteiger partial charge in [-0.05, 0) is 56.8 Å². The molecule has 0 amide bonds. The molecule has 6 heteroatoms. The highest BCUT2D eigenvalue weighted by Gasteiger charge is 2.33. The molecule has 118 valence electrons. The van der Waals surface area contributed by atoms with E-state index in [0.29, 0.717) is 18.0 Å². The molecule has 1 aromatic rings. The van der Waals surface area contributed by atoms with Crippen molar-refractivity contribution in [1.82, 2.24) is 4.72 Å². The molecule has 0 spiro atoms. The van der Waals surface area contributed by atoms with Gasteiger partial charge in [-0.1, -0.05) is 12.1 Å². The minimum Gasteiger partial charge on any atom is -0.378 e. The normalized spacial score (nSPS) is 22.0. The smallest absolute Gasteiger partial charge is 0.240 e. The van der Waals surface area contributed by atoms with E-state index in [-0.39, 0.29) is 12.1 Å². The van der Waals surface area contributed by atoms with Crippen molar-refractivity contribution in [2.45, 2.75) is 49.6 Å². The van der Waals surface area contributed by atoms with Gasteiger partial charge >= 0.3 is 0 Å². The predicted octanol–water partition coefficient (Wildman–Crippen LogP) is 1.42. The summed E-state index contributed by atoms with van der Waals surface area (Å²) in [6.07, 6.45) is 3.48. The lowest BCUT2D eigenvalue weighted by Crippen LogP contribution is -2.47. The quantitative estimate of drug-likeness (QED) is 0.761. The van der Waals surface area contributed by atoms with Crippen LogP contribution < -0.4 is 10.5 Å². The Labute approximate surface area is 126 Å². The summed E-state index contributed by atoms with van der Waals surface area (Å²) < 4.78 is 32.7. The zero-order chi connectivity index (χ0) is 15.3. The molecule has 1 aromatic carbocycles. The summed E-state index contributed by atoms with van der Waals surface area (Å²) >= 11 is 0. The van der Waals surface area contributed by atoms with Gasteiger partial charge in [0.1, 0.15) is 0 Å². The summed E-state index contributed by atoms with van der Waals surface area (Å²) in [5.41, 5.74) is 6.58. The van der Waals surface area contributed by atoms with Crippen LogP contribution in [0, 0.1) is 0 Å². The predicted molar refractivity (Wildman–Crippen MR) is 82.6 cm³/mol. The largest absolute Gasteiger partial charge is 0.378 e. The number of benzene rings is 1. The van der Waals surface area contributed by atoms with E-state index in [1.807, 2.05) is 19.1 Å². The summed E-state index contributed by atoms with van der Waals surface area (Å²) in [6.45, 7) is 3.27. The van der Waals surface area contributed by atoms with E-state index in [0.717, 1.165) is 31.2 Å². The second-order valence-corrected chi connectivity index (χ2v) is 7.12. The van der Waals surface area contributed by atoms with Gasteiger partial charge < -0.3 is 10.5 Å². The highest BCUT2D eigenvalue weighted by molar-refractivity contribution is 7.89. The lowest BCUT2D eigenvalue weighted by Gasteiger charge is -2.35. The molecule has 1 fully saturated rings. The maximum absolute atomic E-state index is 12.3. The van der Waals surface area contributed by atoms with Crippen LogP contribution in [-0.4, -0.2) is 33.7 Å². The van der Waals surface area contributed by atoms with Crippen LogP contribution in [0.15, 0.2) is 29.2 Å². The fraction of sp³-hybridized carbons (Fsp3) is 0.600. The molecule has 5 nitrogen and oxygen atoms in total. The fourth-order valence-corrected chi connectivity index (χ4v) is 3.72. The Kier molecular flexibility index (Phi) is 5.75. The Hall–Kier alpha value is -0.950. The van der Waals surface area contributed by atoms with Gasteiger partial charge in [-0.2, -0.15) is 0 Å². The molecule has 21 heavy (non-hydrogen) atoms. The number of aryl methyl sites for hydroxylation is 1. The molecule has 0 saturated heterocycles. The van der Waals surface area contributed by atoms with E-state index in [1.165, 1.54) is 0 Å². The van der Waals surface area contributed by atoms with Crippen LogP contribution in [0.1, 0.15) is 31.7 Å². The van der Waals surface area contributed by atoms with Crippen molar-refractivity contribution >= 4 is 10.0 Å². The number of ether oxygens (including phenoxy) is 1. The molecular weight excluding hydrogens is 288 g/mol. The zero-order valence-corrected chi connectivity index (χ0v) is 13.2. The van der Waals surface area contributed by atoms with Crippen LogP contribution in [0.3, 0.4) is 0 Å². The van der Waals surface area contributed by atoms with E-state index < -0.39 is 10.0 Å². The lowest BCUT2D eigenvalue weighted by atomic mass is 9.90. The maximum Gasteiger partial charge on any atom is 0.240 e. The van der Waals surface area contributed by atoms with Gasteiger partial charge in [0.2, 0.25) is 10.0 Å². The number of nitrogens with one attached hydrogen (secondary N) is 1. The average molecular weight is 312 g/mol. The first-order valence-electron chi connectivity index (χ1n) is 7.48. The molecule has 0 aromatic heterocycles. The first kappa shape index (κ1) is 16.4. The van der Waals surface area contributed by atoms with Gasteiger partial charge in [0.25, 0.3) is 0 Å². The average Bonchev–Trinajstić information content (AvgIpc) is 2.43. The molecule has 1 aliphatic rings. The Bertz CT molecular complexity index is 537. The summed E-state index contributed by atoms with van der Waals surface area (Å²) in [7, 11) is -3.43. The van der Waals surface area contributed by atoms with Gasteiger partial charge in [-0.25, -0.2) is 13.1 Å². The van der Waals surface area contributed by atoms with E-state index in [2.05, 4.69) is 4.72 Å². The molecule has 1 aliphatic carbocycles. The third-order valence-electron chi connectivity index (χ3n) is 3.72. The van der Waals surface area contributed by atoms with Gasteiger partial charge in [0.05, 0.1) is 11.0 Å². The lowest BCUT2D eigenvalue weighted by molar-refractivity contribution is -0.00475. The topological polar surface area (TPSA) is 81.4 Å². The Morgan fingerprint density at radius 2 is 1.95 bits per heavy atom. The number of nitrogens with two attached hydrogens (primary N) is 1. The Morgan fingerprint density at radius 3 is 2.52 bits per heavy atom. The van der Waals surface area contributed by atoms with Crippen molar-refractivity contribution < 1.29 is 13.2 Å². The monoisotopic (exact) mass is 312 g/mol. The minimum absolute atomic E-state index is 0.0107. The number of hydrogen-bond donors (Lipinski definition) is 2. The van der Waals surface area contributed by atoms with Crippen molar-refractivity contribution in [3.8, 4) is 0 Å². The minimum atomic E-state index is -3.43. The molecule has 2 rings (SSSR count). The second-order valence-electron chi connectivity index (χ2n) is 5.40. The van der Waals surface area contributed by atoms with E-state index in [9.17, 15) is 8.42 Å². The summed E-state index contributed by atoms with van der Waals surface area (Å²) in [5.74, 6) is 0. The van der Waals surface area contributed by atoms with Crippen molar-refractivity contribution in [2.24, 2.45) is 5.73 Å². The number of sulfonamides is 1. The van der Waals surface area contributed by atoms with Gasteiger partial charge in [0.15, 0.2) is 0 Å². The van der Waals surface area contributed by atoms with Gasteiger partial charge in [0, 0.05) is 12.6 Å². The third-order valence-corrected chi connectivity index (χ3v) is 5.26. The van der Waals surface area contributed by atoms with Crippen molar-refractivity contribution in [3.05, 3.63) is 29.8 Å². The third kappa shape index (κ3) is 4.51. The van der Waals surface area contributed by atoms with Crippen molar-refractivity contribution in [1.29, 1.82) is 0 Å². The molecule has 3 N–H and O–H groups in total. The summed E-state index contributed by atoms with van der Waals surface area (Å²) in [4.78, 5) is 0.318. The summed E-state index contributed by atoms with van der Waals surface area (Å²) in [5, 5.41) is 0. The Balaban J connectivity index is 1.90. The van der Waals surface area contributed by atoms with Crippen LogP contribution >= 0.6 is 0 Å². The molecule has 0 aliphatic heterocycles. The van der Waals surface area contributed by atoms with E-state index in [4.69, 9.17) is 10.5 Å². The van der Waals surface area contributed by atoms with E-state index >= 15 is 0 Å². The first-order valence-corrected chi connectivity index (χ1v) is 8.96. The van der Waals surface area contributed by atoms with Crippen LogP contribution in [-0.2, 0) is 21.2 Å². The molecule has 1 saturated carbocycles. The van der Waals surface area contributed by atoms with Crippen molar-refractivity contribution in [3.63, 3.8) is 0 Å². The maximum atomic E-state index is 12.3. The van der Waals surface area contributed by atoms with E-state index in [1.54, 1.807) is 12.1 Å². The van der Waals surface area contributed by atoms with Crippen LogP contribution in [0.25, 0.3) is 0 Å². The summed E-state index contributed by atoms with van der Waals surface area (Å²) in [6, 6.07) is 7.02. The number of hydrogen-bond acceptors (Lipinski definition) is 4.